The van der Waals surface area contributed by atoms with Crippen LogP contribution in [0, 0.1) is 0 Å². The maximum Gasteiger partial charge on any atom is 0.523 e. The molecule has 200 valence electrons. The lowest BCUT2D eigenvalue weighted by Crippen LogP contribution is -2.27. The molecule has 0 fully saturated rings. The quantitative estimate of drug-likeness (QED) is 0.0930. The highest BCUT2D eigenvalue weighted by atomic mass is 32.2. The van der Waals surface area contributed by atoms with Crippen molar-refractivity contribution >= 4 is 20.2 Å². The fraction of sp³-hybridized carbons (Fsp3) is 1.00. The summed E-state index contributed by atoms with van der Waals surface area (Å²) in [6.45, 7) is -1.46. The van der Waals surface area contributed by atoms with Crippen LogP contribution in [0.3, 0.4) is 0 Å². The van der Waals surface area contributed by atoms with Crippen LogP contribution in [0.4, 0.5) is 26.3 Å². The van der Waals surface area contributed by atoms with E-state index >= 15 is 0 Å². The second-order valence-electron chi connectivity index (χ2n) is 5.51. The van der Waals surface area contributed by atoms with Gasteiger partial charge in [0.1, 0.15) is 0 Å². The Kier molecular flexibility index (Phi) is 15.6. The molecular formula is C14H24F6O11S2. The SMILES string of the molecule is O=S(=O)(OCCOCCOCCOCCOCCOCCOS(=O)(=O)C(F)(F)F)C(F)(F)F. The van der Waals surface area contributed by atoms with Crippen molar-refractivity contribution in [2.45, 2.75) is 11.0 Å². The van der Waals surface area contributed by atoms with E-state index in [0.717, 1.165) is 0 Å². The summed E-state index contributed by atoms with van der Waals surface area (Å²) in [6.07, 6.45) is 0. The minimum atomic E-state index is -5.63. The highest BCUT2D eigenvalue weighted by Crippen LogP contribution is 2.25. The Balaban J connectivity index is 3.35. The number of ether oxygens (including phenoxy) is 5. The summed E-state index contributed by atoms with van der Waals surface area (Å²) >= 11 is 0. The normalized spacial score (nSPS) is 13.5. The zero-order chi connectivity index (χ0) is 25.4. The van der Waals surface area contributed by atoms with E-state index in [1.807, 2.05) is 0 Å². The van der Waals surface area contributed by atoms with Crippen LogP contribution in [0.5, 0.6) is 0 Å². The van der Waals surface area contributed by atoms with Crippen molar-refractivity contribution in [3.8, 4) is 0 Å². The Morgan fingerprint density at radius 1 is 0.394 bits per heavy atom. The van der Waals surface area contributed by atoms with Crippen molar-refractivity contribution in [3.63, 3.8) is 0 Å². The molecule has 0 aliphatic rings. The standard InChI is InChI=1S/C14H24F6O11S2/c15-13(16,17)32(21,22)30-11-9-28-7-5-26-3-1-25-2-4-27-6-8-29-10-12-31-33(23,24)14(18,19)20/h1-12H2. The zero-order valence-corrected chi connectivity index (χ0v) is 18.7. The van der Waals surface area contributed by atoms with E-state index in [4.69, 9.17) is 23.7 Å². The molecule has 0 atom stereocenters. The van der Waals surface area contributed by atoms with E-state index in [1.54, 1.807) is 0 Å². The average molecular weight is 546 g/mol. The summed E-state index contributed by atoms with van der Waals surface area (Å²) in [5.74, 6) is 0. The molecule has 33 heavy (non-hydrogen) atoms. The molecule has 0 heterocycles. The number of alkyl halides is 6. The third-order valence-electron chi connectivity index (χ3n) is 2.99. The molecule has 0 aromatic heterocycles. The molecular weight excluding hydrogens is 522 g/mol. The predicted octanol–water partition coefficient (Wildman–Crippen LogP) is 0.802. The molecule has 0 N–H and O–H groups in total. The van der Waals surface area contributed by atoms with Crippen LogP contribution in [-0.4, -0.2) is 107 Å². The molecule has 19 heteroatoms. The van der Waals surface area contributed by atoms with Gasteiger partial charge in [-0.2, -0.15) is 43.2 Å². The highest BCUT2D eigenvalue weighted by molar-refractivity contribution is 7.87. The first kappa shape index (κ1) is 32.2. The molecule has 0 spiro atoms. The molecule has 0 aromatic carbocycles. The molecule has 0 radical (unpaired) electrons. The number of rotatable bonds is 20. The molecule has 0 aliphatic carbocycles. The van der Waals surface area contributed by atoms with Crippen LogP contribution < -0.4 is 0 Å². The fourth-order valence-corrected chi connectivity index (χ4v) is 2.36. The van der Waals surface area contributed by atoms with Gasteiger partial charge in [0, 0.05) is 0 Å². The van der Waals surface area contributed by atoms with Gasteiger partial charge in [0.2, 0.25) is 0 Å². The smallest absolute Gasteiger partial charge is 0.377 e. The Hall–Kier alpha value is -0.800. The van der Waals surface area contributed by atoms with Crippen LogP contribution >= 0.6 is 0 Å². The molecule has 0 rings (SSSR count). The van der Waals surface area contributed by atoms with E-state index in [-0.39, 0.29) is 66.1 Å². The Morgan fingerprint density at radius 3 is 0.758 bits per heavy atom. The third kappa shape index (κ3) is 15.7. The van der Waals surface area contributed by atoms with Crippen molar-refractivity contribution in [1.29, 1.82) is 0 Å². The summed E-state index contributed by atoms with van der Waals surface area (Å²) < 4.78 is 147. The minimum Gasteiger partial charge on any atom is -0.377 e. The van der Waals surface area contributed by atoms with Crippen LogP contribution in [0.25, 0.3) is 0 Å². The summed E-state index contributed by atoms with van der Waals surface area (Å²) in [4.78, 5) is 0. The Morgan fingerprint density at radius 2 is 0.576 bits per heavy atom. The van der Waals surface area contributed by atoms with Gasteiger partial charge in [-0.1, -0.05) is 0 Å². The number of halogens is 6. The molecule has 0 amide bonds. The highest BCUT2D eigenvalue weighted by Gasteiger charge is 2.47. The first-order chi connectivity index (χ1) is 15.2. The monoisotopic (exact) mass is 546 g/mol. The first-order valence-electron chi connectivity index (χ1n) is 9.01. The van der Waals surface area contributed by atoms with Gasteiger partial charge in [-0.3, -0.25) is 8.37 Å². The van der Waals surface area contributed by atoms with E-state index in [2.05, 4.69) is 8.37 Å². The van der Waals surface area contributed by atoms with Crippen LogP contribution in [0.1, 0.15) is 0 Å². The van der Waals surface area contributed by atoms with Crippen molar-refractivity contribution < 1.29 is 75.2 Å². The fourth-order valence-electron chi connectivity index (χ4n) is 1.52. The zero-order valence-electron chi connectivity index (χ0n) is 17.1. The lowest BCUT2D eigenvalue weighted by Gasteiger charge is -2.09. The number of hydrogen-bond acceptors (Lipinski definition) is 11. The first-order valence-corrected chi connectivity index (χ1v) is 11.8. The molecule has 11 nitrogen and oxygen atoms in total. The van der Waals surface area contributed by atoms with E-state index < -0.39 is 44.5 Å². The summed E-state index contributed by atoms with van der Waals surface area (Å²) in [5.41, 5.74) is -11.0. The van der Waals surface area contributed by atoms with Gasteiger partial charge in [-0.05, 0) is 0 Å². The summed E-state index contributed by atoms with van der Waals surface area (Å²) in [6, 6.07) is 0. The van der Waals surface area contributed by atoms with E-state index in [9.17, 15) is 43.2 Å². The Labute approximate surface area is 186 Å². The lowest BCUT2D eigenvalue weighted by molar-refractivity contribution is -0.0563. The van der Waals surface area contributed by atoms with Gasteiger partial charge >= 0.3 is 31.3 Å². The molecule has 0 unspecified atom stereocenters. The average Bonchev–Trinajstić information content (AvgIpc) is 2.67. The van der Waals surface area contributed by atoms with Crippen molar-refractivity contribution in [1.82, 2.24) is 0 Å². The maximum absolute atomic E-state index is 12.0. The lowest BCUT2D eigenvalue weighted by atomic mass is 10.7. The van der Waals surface area contributed by atoms with Gasteiger partial charge in [0.15, 0.2) is 0 Å². The van der Waals surface area contributed by atoms with Gasteiger partial charge in [0.25, 0.3) is 0 Å². The predicted molar refractivity (Wildman–Crippen MR) is 95.9 cm³/mol. The topological polar surface area (TPSA) is 133 Å². The minimum absolute atomic E-state index is 0.00822. The third-order valence-corrected chi connectivity index (χ3v) is 5.08. The molecule has 0 saturated carbocycles. The van der Waals surface area contributed by atoms with Crippen LogP contribution in [0.15, 0.2) is 0 Å². The second kappa shape index (κ2) is 16.0. The number of hydrogen-bond donors (Lipinski definition) is 0. The molecule has 0 saturated heterocycles. The molecule has 0 bridgehead atoms. The van der Waals surface area contributed by atoms with Crippen molar-refractivity contribution in [2.75, 3.05) is 79.3 Å². The Bertz CT molecular complexity index is 650. The maximum atomic E-state index is 12.0. The second-order valence-corrected chi connectivity index (χ2v) is 8.72. The van der Waals surface area contributed by atoms with E-state index in [0.29, 0.717) is 0 Å². The van der Waals surface area contributed by atoms with E-state index in [1.165, 1.54) is 0 Å². The summed E-state index contributed by atoms with van der Waals surface area (Å²) in [5, 5.41) is 0. The summed E-state index contributed by atoms with van der Waals surface area (Å²) in [7, 11) is -11.3. The van der Waals surface area contributed by atoms with Crippen LogP contribution in [-0.2, 0) is 52.3 Å². The van der Waals surface area contributed by atoms with Gasteiger partial charge < -0.3 is 23.7 Å². The van der Waals surface area contributed by atoms with Crippen molar-refractivity contribution in [2.24, 2.45) is 0 Å². The largest absolute Gasteiger partial charge is 0.523 e. The van der Waals surface area contributed by atoms with Crippen molar-refractivity contribution in [3.05, 3.63) is 0 Å². The van der Waals surface area contributed by atoms with Gasteiger partial charge in [0.05, 0.1) is 79.3 Å². The molecule has 0 aliphatic heterocycles. The van der Waals surface area contributed by atoms with Gasteiger partial charge in [-0.25, -0.2) is 0 Å². The molecule has 0 aromatic rings. The van der Waals surface area contributed by atoms with Crippen LogP contribution in [0.2, 0.25) is 0 Å². The van der Waals surface area contributed by atoms with Gasteiger partial charge in [-0.15, -0.1) is 0 Å².